The molecule has 3 aromatic heterocycles. The molecule has 2 aliphatic carbocycles. The molecule has 0 amide bonds. The van der Waals surface area contributed by atoms with Gasteiger partial charge in [-0.25, -0.2) is 15.0 Å². The second kappa shape index (κ2) is 13.2. The standard InChI is InChI=1S/C58H33N3S2/c1-3-13-35(14-4-1)55-59-56(36-15-5-2-6-16-36)61-57(60-55)37-25-23-34(24-26-37)38-27-28-43-51(31-38)63-50-30-29-42-44-32-45-41-19-9-12-22-49(41)62-52(45)33-48(44)58(54(42)53(43)50)46-20-10-7-17-39(46)40-18-8-11-21-47(40)58/h1-33H. The van der Waals surface area contributed by atoms with Crippen LogP contribution in [-0.2, 0) is 5.41 Å². The van der Waals surface area contributed by atoms with Crippen LogP contribution in [0.5, 0.6) is 0 Å². The summed E-state index contributed by atoms with van der Waals surface area (Å²) >= 11 is 3.81. The first-order chi connectivity index (χ1) is 31.2. The van der Waals surface area contributed by atoms with Crippen LogP contribution in [0.15, 0.2) is 200 Å². The molecule has 0 atom stereocenters. The molecule has 0 radical (unpaired) electrons. The molecule has 3 nitrogen and oxygen atoms in total. The molecule has 292 valence electrons. The summed E-state index contributed by atoms with van der Waals surface area (Å²) < 4.78 is 5.28. The zero-order chi connectivity index (χ0) is 41.2. The molecule has 0 fully saturated rings. The zero-order valence-electron chi connectivity index (χ0n) is 33.7. The maximum absolute atomic E-state index is 4.97. The van der Waals surface area contributed by atoms with E-state index >= 15 is 0 Å². The third-order valence-corrected chi connectivity index (χ3v) is 15.6. The van der Waals surface area contributed by atoms with Crippen LogP contribution < -0.4 is 0 Å². The number of fused-ring (bicyclic) bond motifs is 17. The fraction of sp³-hybridized carbons (Fsp3) is 0.0172. The van der Waals surface area contributed by atoms with Gasteiger partial charge >= 0.3 is 0 Å². The normalized spacial score (nSPS) is 13.2. The van der Waals surface area contributed by atoms with Crippen molar-refractivity contribution in [2.24, 2.45) is 0 Å². The third kappa shape index (κ3) is 4.97. The van der Waals surface area contributed by atoms with Gasteiger partial charge in [0, 0.05) is 57.0 Å². The predicted molar refractivity (Wildman–Crippen MR) is 264 cm³/mol. The highest BCUT2D eigenvalue weighted by Gasteiger charge is 2.53. The van der Waals surface area contributed by atoms with Crippen LogP contribution in [0.3, 0.4) is 0 Å². The molecular weight excluding hydrogens is 803 g/mol. The first kappa shape index (κ1) is 35.1. The Balaban J connectivity index is 0.936. The van der Waals surface area contributed by atoms with E-state index in [1.54, 1.807) is 0 Å². The Kier molecular flexibility index (Phi) is 7.36. The van der Waals surface area contributed by atoms with Crippen molar-refractivity contribution >= 4 is 63.0 Å². The zero-order valence-corrected chi connectivity index (χ0v) is 35.3. The first-order valence-electron chi connectivity index (χ1n) is 21.3. The van der Waals surface area contributed by atoms with Crippen LogP contribution in [0.1, 0.15) is 22.3 Å². The van der Waals surface area contributed by atoms with Gasteiger partial charge in [-0.1, -0.05) is 170 Å². The first-order valence-corrected chi connectivity index (χ1v) is 23.0. The summed E-state index contributed by atoms with van der Waals surface area (Å²) in [5, 5.41) is 5.34. The topological polar surface area (TPSA) is 38.7 Å². The van der Waals surface area contributed by atoms with Crippen LogP contribution >= 0.6 is 22.7 Å². The van der Waals surface area contributed by atoms with Crippen molar-refractivity contribution in [3.05, 3.63) is 222 Å². The van der Waals surface area contributed by atoms with E-state index in [1.165, 1.54) is 90.4 Å². The smallest absolute Gasteiger partial charge is 0.164 e. The number of thiophene rings is 2. The van der Waals surface area contributed by atoms with E-state index in [-0.39, 0.29) is 0 Å². The second-order valence-corrected chi connectivity index (χ2v) is 18.8. The lowest BCUT2D eigenvalue weighted by Gasteiger charge is -2.31. The SMILES string of the molecule is c1ccc(-c2nc(-c3ccccc3)nc(-c3ccc(-c4ccc5c(c4)sc4ccc6c(c45)C4(c5ccccc5-c5ccccc54)c4cc5sc7ccccc7c5cc4-6)cc3)n2)cc1. The summed E-state index contributed by atoms with van der Waals surface area (Å²) in [5.41, 5.74) is 15.7. The summed E-state index contributed by atoms with van der Waals surface area (Å²) in [6.45, 7) is 0. The molecule has 0 saturated carbocycles. The predicted octanol–water partition coefficient (Wildman–Crippen LogP) is 15.6. The monoisotopic (exact) mass is 835 g/mol. The van der Waals surface area contributed by atoms with Gasteiger partial charge in [0.1, 0.15) is 0 Å². The van der Waals surface area contributed by atoms with E-state index in [0.717, 1.165) is 22.3 Å². The Hall–Kier alpha value is -7.57. The van der Waals surface area contributed by atoms with E-state index in [1.807, 2.05) is 83.3 Å². The van der Waals surface area contributed by atoms with Gasteiger partial charge in [-0.05, 0) is 86.0 Å². The number of nitrogens with zero attached hydrogens (tertiary/aromatic N) is 3. The Morgan fingerprint density at radius 1 is 0.302 bits per heavy atom. The van der Waals surface area contributed by atoms with Crippen molar-refractivity contribution in [3.8, 4) is 67.5 Å². The second-order valence-electron chi connectivity index (χ2n) is 16.6. The molecule has 12 aromatic rings. The van der Waals surface area contributed by atoms with Gasteiger partial charge < -0.3 is 0 Å². The van der Waals surface area contributed by atoms with Crippen LogP contribution in [0.25, 0.3) is 108 Å². The van der Waals surface area contributed by atoms with E-state index in [2.05, 4.69) is 140 Å². The highest BCUT2D eigenvalue weighted by atomic mass is 32.1. The number of benzene rings is 9. The van der Waals surface area contributed by atoms with Crippen LogP contribution in [0, 0.1) is 0 Å². The quantitative estimate of drug-likeness (QED) is 0.177. The summed E-state index contributed by atoms with van der Waals surface area (Å²) in [5.74, 6) is 1.97. The molecule has 3 heterocycles. The van der Waals surface area contributed by atoms with Crippen LogP contribution in [0.2, 0.25) is 0 Å². The van der Waals surface area contributed by atoms with Crippen molar-refractivity contribution < 1.29 is 0 Å². The molecule has 63 heavy (non-hydrogen) atoms. The molecule has 14 rings (SSSR count). The van der Waals surface area contributed by atoms with Crippen molar-refractivity contribution in [2.75, 3.05) is 0 Å². The molecule has 9 aromatic carbocycles. The van der Waals surface area contributed by atoms with Crippen molar-refractivity contribution in [1.29, 1.82) is 0 Å². The lowest BCUT2D eigenvalue weighted by atomic mass is 9.69. The molecule has 0 unspecified atom stereocenters. The van der Waals surface area contributed by atoms with E-state index in [4.69, 9.17) is 15.0 Å². The maximum Gasteiger partial charge on any atom is 0.164 e. The fourth-order valence-corrected chi connectivity index (χ4v) is 12.9. The maximum atomic E-state index is 4.97. The lowest BCUT2D eigenvalue weighted by Crippen LogP contribution is -2.26. The molecule has 0 aliphatic heterocycles. The van der Waals surface area contributed by atoms with Gasteiger partial charge in [0.05, 0.1) is 5.41 Å². The molecule has 2 aliphatic rings. The number of hydrogen-bond donors (Lipinski definition) is 0. The minimum absolute atomic E-state index is 0.444. The molecular formula is C58H33N3S2. The van der Waals surface area contributed by atoms with E-state index < -0.39 is 5.41 Å². The van der Waals surface area contributed by atoms with Crippen molar-refractivity contribution in [3.63, 3.8) is 0 Å². The minimum atomic E-state index is -0.444. The van der Waals surface area contributed by atoms with Crippen LogP contribution in [-0.4, -0.2) is 15.0 Å². The van der Waals surface area contributed by atoms with Gasteiger partial charge in [-0.15, -0.1) is 22.7 Å². The number of aromatic nitrogens is 3. The Morgan fingerprint density at radius 3 is 1.52 bits per heavy atom. The Bertz CT molecular complexity index is 3740. The molecule has 5 heteroatoms. The van der Waals surface area contributed by atoms with Gasteiger partial charge in [-0.2, -0.15) is 0 Å². The van der Waals surface area contributed by atoms with E-state index in [9.17, 15) is 0 Å². The van der Waals surface area contributed by atoms with Gasteiger partial charge in [0.15, 0.2) is 17.5 Å². The highest BCUT2D eigenvalue weighted by Crippen LogP contribution is 2.65. The number of hydrogen-bond acceptors (Lipinski definition) is 5. The van der Waals surface area contributed by atoms with Crippen molar-refractivity contribution in [1.82, 2.24) is 15.0 Å². The van der Waals surface area contributed by atoms with Gasteiger partial charge in [-0.3, -0.25) is 0 Å². The molecule has 1 spiro atoms. The van der Waals surface area contributed by atoms with Crippen LogP contribution in [0.4, 0.5) is 0 Å². The van der Waals surface area contributed by atoms with E-state index in [0.29, 0.717) is 17.5 Å². The largest absolute Gasteiger partial charge is 0.208 e. The van der Waals surface area contributed by atoms with Gasteiger partial charge in [0.2, 0.25) is 0 Å². The Morgan fingerprint density at radius 2 is 0.841 bits per heavy atom. The third-order valence-electron chi connectivity index (χ3n) is 13.4. The summed E-state index contributed by atoms with van der Waals surface area (Å²) in [6, 6.07) is 73.0. The highest BCUT2D eigenvalue weighted by molar-refractivity contribution is 7.26. The summed E-state index contributed by atoms with van der Waals surface area (Å²) in [6.07, 6.45) is 0. The number of rotatable bonds is 4. The fourth-order valence-electron chi connectivity index (χ4n) is 10.6. The minimum Gasteiger partial charge on any atom is -0.208 e. The molecule has 0 bridgehead atoms. The lowest BCUT2D eigenvalue weighted by molar-refractivity contribution is 0.803. The van der Waals surface area contributed by atoms with Crippen molar-refractivity contribution in [2.45, 2.75) is 5.41 Å². The van der Waals surface area contributed by atoms with Gasteiger partial charge in [0.25, 0.3) is 0 Å². The average molecular weight is 836 g/mol. The summed E-state index contributed by atoms with van der Waals surface area (Å²) in [4.78, 5) is 14.8. The average Bonchev–Trinajstić information content (AvgIpc) is 4.08. The summed E-state index contributed by atoms with van der Waals surface area (Å²) in [7, 11) is 0. The molecule has 0 saturated heterocycles. The molecule has 0 N–H and O–H groups in total. The Labute approximate surface area is 371 Å².